The SMILES string of the molecule is C=c1/c(=C\C(=O)/C=C2/N(C)c3ccccc3C2(C)C)n(C)c2ccccc12. The highest BCUT2D eigenvalue weighted by Gasteiger charge is 2.38. The zero-order valence-corrected chi connectivity index (χ0v) is 16.3. The van der Waals surface area contributed by atoms with Gasteiger partial charge in [-0.2, -0.15) is 0 Å². The van der Waals surface area contributed by atoms with E-state index in [9.17, 15) is 4.79 Å². The molecule has 0 atom stereocenters. The molecule has 1 aromatic heterocycles. The van der Waals surface area contributed by atoms with E-state index in [0.29, 0.717) is 0 Å². The minimum atomic E-state index is -0.207. The Labute approximate surface area is 159 Å². The van der Waals surface area contributed by atoms with Gasteiger partial charge in [0, 0.05) is 59.2 Å². The average molecular weight is 356 g/mol. The van der Waals surface area contributed by atoms with Gasteiger partial charge in [-0.15, -0.1) is 0 Å². The molecular formula is C24H24N2O. The van der Waals surface area contributed by atoms with E-state index in [-0.39, 0.29) is 11.2 Å². The summed E-state index contributed by atoms with van der Waals surface area (Å²) in [6.07, 6.45) is 3.46. The van der Waals surface area contributed by atoms with Crippen LogP contribution in [-0.4, -0.2) is 17.4 Å². The lowest BCUT2D eigenvalue weighted by Gasteiger charge is -2.23. The Balaban J connectivity index is 1.82. The molecule has 27 heavy (non-hydrogen) atoms. The van der Waals surface area contributed by atoms with Gasteiger partial charge < -0.3 is 9.47 Å². The molecule has 136 valence electrons. The van der Waals surface area contributed by atoms with E-state index in [1.165, 1.54) is 5.56 Å². The Kier molecular flexibility index (Phi) is 3.84. The molecule has 0 fully saturated rings. The second-order valence-corrected chi connectivity index (χ2v) is 7.72. The Hall–Kier alpha value is -3.07. The zero-order chi connectivity index (χ0) is 19.3. The van der Waals surface area contributed by atoms with Crippen LogP contribution < -0.4 is 15.5 Å². The summed E-state index contributed by atoms with van der Waals surface area (Å²) < 4.78 is 2.03. The number of aromatic nitrogens is 1. The van der Waals surface area contributed by atoms with Gasteiger partial charge in [-0.05, 0) is 17.7 Å². The maximum Gasteiger partial charge on any atom is 0.182 e. The highest BCUT2D eigenvalue weighted by molar-refractivity contribution is 6.14. The Morgan fingerprint density at radius 1 is 1.00 bits per heavy atom. The standard InChI is InChI=1S/C24H24N2O/c1-16-18-10-6-8-12-20(18)25(4)22(16)14-17(27)15-23-24(2,3)19-11-7-9-13-21(19)26(23)5/h6-15H,1H2,2-5H3/b22-14+,23-15+. The fourth-order valence-corrected chi connectivity index (χ4v) is 4.25. The van der Waals surface area contributed by atoms with E-state index in [4.69, 9.17) is 0 Å². The second-order valence-electron chi connectivity index (χ2n) is 7.72. The normalized spacial score (nSPS) is 17.7. The van der Waals surface area contributed by atoms with Gasteiger partial charge in [-0.3, -0.25) is 4.79 Å². The summed E-state index contributed by atoms with van der Waals surface area (Å²) in [6, 6.07) is 16.4. The van der Waals surface area contributed by atoms with Crippen LogP contribution in [0.25, 0.3) is 23.6 Å². The first-order valence-corrected chi connectivity index (χ1v) is 9.16. The molecule has 0 aliphatic carbocycles. The number of hydrogen-bond donors (Lipinski definition) is 0. The number of fused-ring (bicyclic) bond motifs is 2. The predicted octanol–water partition coefficient (Wildman–Crippen LogP) is 3.25. The van der Waals surface area contributed by atoms with Crippen LogP contribution in [-0.2, 0) is 17.3 Å². The lowest BCUT2D eigenvalue weighted by Crippen LogP contribution is -2.28. The topological polar surface area (TPSA) is 25.2 Å². The summed E-state index contributed by atoms with van der Waals surface area (Å²) in [5.74, 6) is -0.0199. The van der Waals surface area contributed by atoms with E-state index in [1.807, 2.05) is 42.9 Å². The van der Waals surface area contributed by atoms with Crippen molar-refractivity contribution in [3.05, 3.63) is 76.4 Å². The van der Waals surface area contributed by atoms with E-state index < -0.39 is 0 Å². The monoisotopic (exact) mass is 356 g/mol. The van der Waals surface area contributed by atoms with Crippen molar-refractivity contribution in [1.29, 1.82) is 0 Å². The number of allylic oxidation sites excluding steroid dienone is 2. The molecule has 1 aliphatic rings. The molecule has 0 spiro atoms. The molecule has 0 unspecified atom stereocenters. The van der Waals surface area contributed by atoms with Crippen LogP contribution in [0, 0.1) is 0 Å². The van der Waals surface area contributed by atoms with Crippen molar-refractivity contribution in [3.63, 3.8) is 0 Å². The Bertz CT molecular complexity index is 1210. The third-order valence-electron chi connectivity index (χ3n) is 5.76. The Morgan fingerprint density at radius 2 is 1.67 bits per heavy atom. The minimum absolute atomic E-state index is 0.0199. The molecule has 4 rings (SSSR count). The van der Waals surface area contributed by atoms with Crippen LogP contribution in [0.4, 0.5) is 5.69 Å². The summed E-state index contributed by atoms with van der Waals surface area (Å²) in [5, 5.41) is 2.83. The third kappa shape index (κ3) is 2.54. The van der Waals surface area contributed by atoms with Crippen LogP contribution in [0.3, 0.4) is 0 Å². The summed E-state index contributed by atoms with van der Waals surface area (Å²) in [4.78, 5) is 15.1. The number of carbonyl (C=O) groups excluding carboxylic acids is 1. The molecule has 0 amide bonds. The molecule has 0 radical (unpaired) electrons. The maximum atomic E-state index is 12.9. The number of rotatable bonds is 2. The first-order chi connectivity index (χ1) is 12.8. The largest absolute Gasteiger partial charge is 0.347 e. The van der Waals surface area contributed by atoms with Gasteiger partial charge in [0.15, 0.2) is 5.78 Å². The number of nitrogens with zero attached hydrogens (tertiary/aromatic N) is 2. The molecule has 0 saturated carbocycles. The highest BCUT2D eigenvalue weighted by Crippen LogP contribution is 2.46. The van der Waals surface area contributed by atoms with Crippen molar-refractivity contribution >= 4 is 35.0 Å². The van der Waals surface area contributed by atoms with E-state index in [0.717, 1.165) is 32.9 Å². The van der Waals surface area contributed by atoms with Gasteiger partial charge in [0.2, 0.25) is 0 Å². The number of anilines is 1. The van der Waals surface area contributed by atoms with Gasteiger partial charge in [-0.25, -0.2) is 0 Å². The summed E-state index contributed by atoms with van der Waals surface area (Å²) >= 11 is 0. The third-order valence-corrected chi connectivity index (χ3v) is 5.76. The quantitative estimate of drug-likeness (QED) is 0.659. The molecule has 0 saturated heterocycles. The van der Waals surface area contributed by atoms with Gasteiger partial charge >= 0.3 is 0 Å². The van der Waals surface area contributed by atoms with Gasteiger partial charge in [0.1, 0.15) is 0 Å². The van der Waals surface area contributed by atoms with Crippen LogP contribution in [0.2, 0.25) is 0 Å². The number of carbonyl (C=O) groups is 1. The minimum Gasteiger partial charge on any atom is -0.347 e. The average Bonchev–Trinajstić information content (AvgIpc) is 3.01. The molecule has 3 heteroatoms. The highest BCUT2D eigenvalue weighted by atomic mass is 16.1. The second kappa shape index (κ2) is 5.98. The van der Waals surface area contributed by atoms with Crippen molar-refractivity contribution in [2.45, 2.75) is 19.3 Å². The Morgan fingerprint density at radius 3 is 2.37 bits per heavy atom. The molecule has 2 aromatic carbocycles. The fraction of sp³-hybridized carbons (Fsp3) is 0.208. The fourth-order valence-electron chi connectivity index (χ4n) is 4.25. The summed E-state index contributed by atoms with van der Waals surface area (Å²) in [6.45, 7) is 8.52. The van der Waals surface area contributed by atoms with Crippen LogP contribution >= 0.6 is 0 Å². The molecule has 3 aromatic rings. The predicted molar refractivity (Wildman–Crippen MR) is 113 cm³/mol. The van der Waals surface area contributed by atoms with Crippen molar-refractivity contribution in [1.82, 2.24) is 4.57 Å². The molecule has 0 N–H and O–H groups in total. The number of ketones is 1. The number of aryl methyl sites for hydroxylation is 1. The number of hydrogen-bond acceptors (Lipinski definition) is 2. The molecule has 2 heterocycles. The van der Waals surface area contributed by atoms with Crippen molar-refractivity contribution < 1.29 is 4.79 Å². The van der Waals surface area contributed by atoms with Crippen LogP contribution in [0.5, 0.6) is 0 Å². The lowest BCUT2D eigenvalue weighted by molar-refractivity contribution is -0.109. The molecular weight excluding hydrogens is 332 g/mol. The molecule has 1 aliphatic heterocycles. The molecule has 3 nitrogen and oxygen atoms in total. The van der Waals surface area contributed by atoms with Crippen molar-refractivity contribution in [2.75, 3.05) is 11.9 Å². The number of para-hydroxylation sites is 2. The van der Waals surface area contributed by atoms with Crippen molar-refractivity contribution in [2.24, 2.45) is 7.05 Å². The first kappa shape index (κ1) is 17.3. The van der Waals surface area contributed by atoms with Crippen molar-refractivity contribution in [3.8, 4) is 0 Å². The number of benzene rings is 2. The van der Waals surface area contributed by atoms with Crippen LogP contribution in [0.1, 0.15) is 19.4 Å². The van der Waals surface area contributed by atoms with Crippen LogP contribution in [0.15, 0.2) is 60.3 Å². The van der Waals surface area contributed by atoms with Gasteiger partial charge in [0.25, 0.3) is 0 Å². The van der Waals surface area contributed by atoms with Gasteiger partial charge in [0.05, 0.1) is 5.35 Å². The maximum absolute atomic E-state index is 12.9. The summed E-state index contributed by atoms with van der Waals surface area (Å²) in [7, 11) is 4.00. The van der Waals surface area contributed by atoms with Gasteiger partial charge in [-0.1, -0.05) is 56.8 Å². The van der Waals surface area contributed by atoms with E-state index in [1.54, 1.807) is 12.2 Å². The smallest absolute Gasteiger partial charge is 0.182 e. The van der Waals surface area contributed by atoms with E-state index in [2.05, 4.69) is 49.6 Å². The van der Waals surface area contributed by atoms with E-state index >= 15 is 0 Å². The first-order valence-electron chi connectivity index (χ1n) is 9.16. The number of likely N-dealkylation sites (N-methyl/N-ethyl adjacent to an activating group) is 1. The zero-order valence-electron chi connectivity index (χ0n) is 16.3. The lowest BCUT2D eigenvalue weighted by atomic mass is 9.83. The summed E-state index contributed by atoms with van der Waals surface area (Å²) in [5.41, 5.74) is 4.29. The molecule has 0 bridgehead atoms.